The van der Waals surface area contributed by atoms with Gasteiger partial charge in [-0.3, -0.25) is 4.79 Å². The number of aromatic nitrogens is 3. The molecule has 2 aliphatic rings. The molecule has 5 nitrogen and oxygen atoms in total. The van der Waals surface area contributed by atoms with Crippen LogP contribution in [0.2, 0.25) is 0 Å². The van der Waals surface area contributed by atoms with Crippen LogP contribution in [-0.4, -0.2) is 32.1 Å². The lowest BCUT2D eigenvalue weighted by molar-refractivity contribution is -0.127. The van der Waals surface area contributed by atoms with Crippen LogP contribution in [0.15, 0.2) is 23.6 Å². The molecule has 126 valence electrons. The quantitative estimate of drug-likeness (QED) is 0.803. The first-order chi connectivity index (χ1) is 11.8. The van der Waals surface area contributed by atoms with E-state index >= 15 is 0 Å². The summed E-state index contributed by atoms with van der Waals surface area (Å²) in [5, 5.41) is 10.9. The highest BCUT2D eigenvalue weighted by Gasteiger charge is 2.33. The lowest BCUT2D eigenvalue weighted by Crippen LogP contribution is -2.30. The molecule has 2 aliphatic heterocycles. The molecule has 0 N–H and O–H groups in total. The van der Waals surface area contributed by atoms with Crippen molar-refractivity contribution in [2.45, 2.75) is 51.1 Å². The summed E-state index contributed by atoms with van der Waals surface area (Å²) in [5.41, 5.74) is 0. The zero-order chi connectivity index (χ0) is 16.4. The Labute approximate surface area is 146 Å². The largest absolute Gasteiger partial charge is 0.329 e. The number of rotatable bonds is 3. The van der Waals surface area contributed by atoms with Crippen molar-refractivity contribution < 1.29 is 4.79 Å². The zero-order valence-electron chi connectivity index (χ0n) is 13.7. The second-order valence-corrected chi connectivity index (χ2v) is 7.45. The summed E-state index contributed by atoms with van der Waals surface area (Å²) in [6.07, 6.45) is 10.2. The molecule has 24 heavy (non-hydrogen) atoms. The highest BCUT2D eigenvalue weighted by Crippen LogP contribution is 2.32. The van der Waals surface area contributed by atoms with Gasteiger partial charge in [-0.25, -0.2) is 0 Å². The molecule has 0 saturated carbocycles. The Bertz CT molecular complexity index is 734. The fourth-order valence-electron chi connectivity index (χ4n) is 3.69. The fourth-order valence-corrected chi connectivity index (χ4v) is 4.31. The normalized spacial score (nSPS) is 21.2. The van der Waals surface area contributed by atoms with E-state index in [0.29, 0.717) is 0 Å². The number of carbonyl (C=O) groups is 1. The van der Waals surface area contributed by atoms with E-state index in [9.17, 15) is 4.79 Å². The molecular weight excluding hydrogens is 320 g/mol. The SMILES string of the molecule is O=C(/C=C/c1cccs1)N1CCC[C@H]1c1nnc2n1CCCCC2. The average Bonchev–Trinajstić information content (AvgIpc) is 3.31. The van der Waals surface area contributed by atoms with Gasteiger partial charge < -0.3 is 9.47 Å². The number of hydrogen-bond donors (Lipinski definition) is 0. The highest BCUT2D eigenvalue weighted by molar-refractivity contribution is 7.10. The van der Waals surface area contributed by atoms with Crippen LogP contribution in [0.5, 0.6) is 0 Å². The molecule has 0 aromatic carbocycles. The van der Waals surface area contributed by atoms with E-state index in [1.54, 1.807) is 17.4 Å². The van der Waals surface area contributed by atoms with E-state index in [0.717, 1.165) is 48.9 Å². The van der Waals surface area contributed by atoms with Crippen molar-refractivity contribution in [3.8, 4) is 0 Å². The number of amides is 1. The van der Waals surface area contributed by atoms with Crippen molar-refractivity contribution >= 4 is 23.3 Å². The third kappa shape index (κ3) is 3.02. The molecule has 1 atom stereocenters. The predicted octanol–water partition coefficient (Wildman–Crippen LogP) is 3.44. The van der Waals surface area contributed by atoms with Gasteiger partial charge in [0, 0.05) is 30.5 Å². The van der Waals surface area contributed by atoms with E-state index in [1.165, 1.54) is 19.3 Å². The van der Waals surface area contributed by atoms with Crippen molar-refractivity contribution in [1.29, 1.82) is 0 Å². The van der Waals surface area contributed by atoms with Gasteiger partial charge in [-0.2, -0.15) is 0 Å². The number of aryl methyl sites for hydroxylation is 1. The number of carbonyl (C=O) groups excluding carboxylic acids is 1. The Kier molecular flexibility index (Phi) is 4.47. The lowest BCUT2D eigenvalue weighted by Gasteiger charge is -2.23. The first kappa shape index (κ1) is 15.6. The molecule has 0 unspecified atom stereocenters. The van der Waals surface area contributed by atoms with Crippen LogP contribution in [-0.2, 0) is 17.8 Å². The molecule has 1 amide bonds. The van der Waals surface area contributed by atoms with Crippen LogP contribution in [0.25, 0.3) is 6.08 Å². The van der Waals surface area contributed by atoms with E-state index < -0.39 is 0 Å². The lowest BCUT2D eigenvalue weighted by atomic mass is 10.2. The second kappa shape index (κ2) is 6.89. The van der Waals surface area contributed by atoms with Gasteiger partial charge in [0.05, 0.1) is 6.04 Å². The maximum absolute atomic E-state index is 12.7. The Morgan fingerprint density at radius 2 is 2.17 bits per heavy atom. The first-order valence-electron chi connectivity index (χ1n) is 8.77. The van der Waals surface area contributed by atoms with Crippen LogP contribution in [0.4, 0.5) is 0 Å². The third-order valence-electron chi connectivity index (χ3n) is 4.91. The van der Waals surface area contributed by atoms with Gasteiger partial charge in [0.1, 0.15) is 5.82 Å². The van der Waals surface area contributed by atoms with E-state index in [4.69, 9.17) is 0 Å². The Morgan fingerprint density at radius 3 is 3.04 bits per heavy atom. The monoisotopic (exact) mass is 342 g/mol. The van der Waals surface area contributed by atoms with E-state index in [1.807, 2.05) is 28.5 Å². The van der Waals surface area contributed by atoms with Gasteiger partial charge >= 0.3 is 0 Å². The Morgan fingerprint density at radius 1 is 1.21 bits per heavy atom. The Hall–Kier alpha value is -1.95. The minimum atomic E-state index is 0.0739. The number of likely N-dealkylation sites (tertiary alicyclic amines) is 1. The predicted molar refractivity (Wildman–Crippen MR) is 94.6 cm³/mol. The molecule has 0 bridgehead atoms. The second-order valence-electron chi connectivity index (χ2n) is 6.48. The van der Waals surface area contributed by atoms with Crippen molar-refractivity contribution in [2.75, 3.05) is 6.54 Å². The van der Waals surface area contributed by atoms with Crippen molar-refractivity contribution in [2.24, 2.45) is 0 Å². The number of fused-ring (bicyclic) bond motifs is 1. The number of hydrogen-bond acceptors (Lipinski definition) is 4. The van der Waals surface area contributed by atoms with E-state index in [-0.39, 0.29) is 11.9 Å². The van der Waals surface area contributed by atoms with Gasteiger partial charge in [-0.1, -0.05) is 12.5 Å². The van der Waals surface area contributed by atoms with Crippen LogP contribution in [0, 0.1) is 0 Å². The molecule has 1 fully saturated rings. The molecule has 0 aliphatic carbocycles. The van der Waals surface area contributed by atoms with Crippen molar-refractivity contribution in [3.63, 3.8) is 0 Å². The first-order valence-corrected chi connectivity index (χ1v) is 9.65. The summed E-state index contributed by atoms with van der Waals surface area (Å²) in [6, 6.07) is 4.10. The molecule has 2 aromatic heterocycles. The highest BCUT2D eigenvalue weighted by atomic mass is 32.1. The standard InChI is InChI=1S/C18H22N4OS/c23-17(10-9-14-6-5-13-24-14)21-12-4-7-15(21)18-20-19-16-8-2-1-3-11-22(16)18/h5-6,9-10,13,15H,1-4,7-8,11-12H2/b10-9+/t15-/m0/s1. The minimum Gasteiger partial charge on any atom is -0.329 e. The van der Waals surface area contributed by atoms with Gasteiger partial charge in [0.25, 0.3) is 0 Å². The van der Waals surface area contributed by atoms with Gasteiger partial charge in [-0.15, -0.1) is 21.5 Å². The van der Waals surface area contributed by atoms with Crippen LogP contribution in [0.3, 0.4) is 0 Å². The molecule has 2 aromatic rings. The maximum Gasteiger partial charge on any atom is 0.247 e. The average molecular weight is 342 g/mol. The summed E-state index contributed by atoms with van der Waals surface area (Å²) in [4.78, 5) is 15.7. The van der Waals surface area contributed by atoms with Crippen molar-refractivity contribution in [1.82, 2.24) is 19.7 Å². The van der Waals surface area contributed by atoms with Gasteiger partial charge in [0.15, 0.2) is 5.82 Å². The van der Waals surface area contributed by atoms with Gasteiger partial charge in [0.2, 0.25) is 5.91 Å². The minimum absolute atomic E-state index is 0.0739. The van der Waals surface area contributed by atoms with E-state index in [2.05, 4.69) is 14.8 Å². The summed E-state index contributed by atoms with van der Waals surface area (Å²) < 4.78 is 2.27. The molecular formula is C18H22N4OS. The molecule has 1 saturated heterocycles. The summed E-state index contributed by atoms with van der Waals surface area (Å²) in [5.74, 6) is 2.16. The smallest absolute Gasteiger partial charge is 0.247 e. The zero-order valence-corrected chi connectivity index (χ0v) is 14.5. The fraction of sp³-hybridized carbons (Fsp3) is 0.500. The molecule has 6 heteroatoms. The Balaban J connectivity index is 1.55. The molecule has 0 radical (unpaired) electrons. The molecule has 4 rings (SSSR count). The van der Waals surface area contributed by atoms with Crippen molar-refractivity contribution in [3.05, 3.63) is 40.1 Å². The van der Waals surface area contributed by atoms with Crippen LogP contribution < -0.4 is 0 Å². The summed E-state index contributed by atoms with van der Waals surface area (Å²) in [6.45, 7) is 1.79. The van der Waals surface area contributed by atoms with Gasteiger partial charge in [-0.05, 0) is 43.2 Å². The topological polar surface area (TPSA) is 51.0 Å². The maximum atomic E-state index is 12.7. The summed E-state index contributed by atoms with van der Waals surface area (Å²) >= 11 is 1.64. The summed E-state index contributed by atoms with van der Waals surface area (Å²) in [7, 11) is 0. The third-order valence-corrected chi connectivity index (χ3v) is 5.74. The number of thiophene rings is 1. The molecule has 4 heterocycles. The molecule has 0 spiro atoms. The number of nitrogens with zero attached hydrogens (tertiary/aromatic N) is 4. The van der Waals surface area contributed by atoms with Crippen LogP contribution in [0.1, 0.15) is 54.7 Å². The van der Waals surface area contributed by atoms with Crippen LogP contribution >= 0.6 is 11.3 Å².